The summed E-state index contributed by atoms with van der Waals surface area (Å²) < 4.78 is 10.9. The highest BCUT2D eigenvalue weighted by atomic mass is 16.5. The van der Waals surface area contributed by atoms with Crippen LogP contribution < -0.4 is 4.74 Å². The molecule has 4 heteroatoms. The number of aryl methyl sites for hydroxylation is 1. The molecule has 98 valence electrons. The summed E-state index contributed by atoms with van der Waals surface area (Å²) in [6.07, 6.45) is 0.113. The van der Waals surface area contributed by atoms with Gasteiger partial charge in [0.2, 0.25) is 0 Å². The first-order valence-electron chi connectivity index (χ1n) is 6.24. The molecule has 1 aromatic carbocycles. The van der Waals surface area contributed by atoms with Gasteiger partial charge in [0.15, 0.2) is 6.61 Å². The second-order valence-electron chi connectivity index (χ2n) is 4.62. The van der Waals surface area contributed by atoms with Crippen molar-refractivity contribution in [2.24, 2.45) is 0 Å². The fraction of sp³-hybridized carbons (Fsp3) is 0.500. The minimum absolute atomic E-state index is 0.0192. The maximum atomic E-state index is 11.9. The summed E-state index contributed by atoms with van der Waals surface area (Å²) in [6, 6.07) is 7.70. The Balaban J connectivity index is 1.82. The van der Waals surface area contributed by atoms with Crippen molar-refractivity contribution in [1.29, 1.82) is 0 Å². The van der Waals surface area contributed by atoms with Crippen molar-refractivity contribution in [3.8, 4) is 5.75 Å². The lowest BCUT2D eigenvalue weighted by molar-refractivity contribution is -0.140. The molecule has 0 spiro atoms. The highest BCUT2D eigenvalue weighted by molar-refractivity contribution is 5.77. The zero-order valence-corrected chi connectivity index (χ0v) is 10.9. The van der Waals surface area contributed by atoms with E-state index in [4.69, 9.17) is 9.47 Å². The number of rotatable bonds is 3. The molecule has 1 aromatic rings. The third-order valence-electron chi connectivity index (χ3n) is 2.98. The Morgan fingerprint density at radius 2 is 2.17 bits per heavy atom. The lowest BCUT2D eigenvalue weighted by atomic mass is 10.2. The summed E-state index contributed by atoms with van der Waals surface area (Å²) in [7, 11) is 0. The van der Waals surface area contributed by atoms with Gasteiger partial charge in [-0.2, -0.15) is 0 Å². The number of hydrogen-bond donors (Lipinski definition) is 0. The minimum Gasteiger partial charge on any atom is -0.484 e. The Hall–Kier alpha value is -1.55. The SMILES string of the molecule is Cc1ccc(OCC(=O)N2CCOC(C)C2)cc1. The maximum Gasteiger partial charge on any atom is 0.260 e. The van der Waals surface area contributed by atoms with Crippen molar-refractivity contribution < 1.29 is 14.3 Å². The van der Waals surface area contributed by atoms with Gasteiger partial charge in [-0.1, -0.05) is 17.7 Å². The van der Waals surface area contributed by atoms with Crippen LogP contribution in [0.5, 0.6) is 5.75 Å². The van der Waals surface area contributed by atoms with Crippen LogP contribution in [-0.4, -0.2) is 43.2 Å². The number of carbonyl (C=O) groups is 1. The first-order chi connectivity index (χ1) is 8.65. The van der Waals surface area contributed by atoms with E-state index in [1.807, 2.05) is 38.1 Å². The minimum atomic E-state index is 0.0192. The molecule has 1 saturated heterocycles. The van der Waals surface area contributed by atoms with E-state index in [-0.39, 0.29) is 18.6 Å². The van der Waals surface area contributed by atoms with Gasteiger partial charge in [0.1, 0.15) is 5.75 Å². The van der Waals surface area contributed by atoms with Gasteiger partial charge < -0.3 is 14.4 Å². The Bertz CT molecular complexity index is 402. The monoisotopic (exact) mass is 249 g/mol. The molecule has 18 heavy (non-hydrogen) atoms. The van der Waals surface area contributed by atoms with Gasteiger partial charge in [0.25, 0.3) is 5.91 Å². The average Bonchev–Trinajstić information content (AvgIpc) is 2.38. The standard InChI is InChI=1S/C14H19NO3/c1-11-3-5-13(6-4-11)18-10-14(16)15-7-8-17-12(2)9-15/h3-6,12H,7-10H2,1-2H3. The average molecular weight is 249 g/mol. The van der Waals surface area contributed by atoms with Crippen LogP contribution in [0.25, 0.3) is 0 Å². The predicted molar refractivity (Wildman–Crippen MR) is 68.7 cm³/mol. The first-order valence-corrected chi connectivity index (χ1v) is 6.24. The van der Waals surface area contributed by atoms with Gasteiger partial charge in [0, 0.05) is 13.1 Å². The summed E-state index contributed by atoms with van der Waals surface area (Å²) >= 11 is 0. The van der Waals surface area contributed by atoms with E-state index in [0.29, 0.717) is 19.7 Å². The molecule has 0 N–H and O–H groups in total. The molecule has 1 aliphatic rings. The van der Waals surface area contributed by atoms with E-state index < -0.39 is 0 Å². The molecule has 1 atom stereocenters. The number of morpholine rings is 1. The zero-order chi connectivity index (χ0) is 13.0. The molecule has 0 radical (unpaired) electrons. The van der Waals surface area contributed by atoms with Crippen LogP contribution in [0.2, 0.25) is 0 Å². The smallest absolute Gasteiger partial charge is 0.260 e. The van der Waals surface area contributed by atoms with Gasteiger partial charge >= 0.3 is 0 Å². The van der Waals surface area contributed by atoms with E-state index in [2.05, 4.69) is 0 Å². The quantitative estimate of drug-likeness (QED) is 0.817. The van der Waals surface area contributed by atoms with Gasteiger partial charge in [-0.25, -0.2) is 0 Å². The fourth-order valence-electron chi connectivity index (χ4n) is 1.92. The molecular formula is C14H19NO3. The summed E-state index contributed by atoms with van der Waals surface area (Å²) in [4.78, 5) is 13.7. The van der Waals surface area contributed by atoms with Gasteiger partial charge in [-0.05, 0) is 26.0 Å². The van der Waals surface area contributed by atoms with Gasteiger partial charge in [-0.15, -0.1) is 0 Å². The van der Waals surface area contributed by atoms with Crippen LogP contribution in [0.1, 0.15) is 12.5 Å². The lowest BCUT2D eigenvalue weighted by Crippen LogP contribution is -2.46. The molecule has 0 bridgehead atoms. The molecule has 1 heterocycles. The summed E-state index contributed by atoms with van der Waals surface area (Å²) in [5, 5.41) is 0. The number of benzene rings is 1. The Kier molecular flexibility index (Phi) is 4.20. The number of carbonyl (C=O) groups excluding carboxylic acids is 1. The number of amides is 1. The summed E-state index contributed by atoms with van der Waals surface area (Å²) in [5.41, 5.74) is 1.18. The van der Waals surface area contributed by atoms with E-state index in [9.17, 15) is 4.79 Å². The van der Waals surface area contributed by atoms with Crippen LogP contribution >= 0.6 is 0 Å². The molecule has 2 rings (SSSR count). The molecule has 0 aromatic heterocycles. The Morgan fingerprint density at radius 3 is 2.83 bits per heavy atom. The largest absolute Gasteiger partial charge is 0.484 e. The third-order valence-corrected chi connectivity index (χ3v) is 2.98. The fourth-order valence-corrected chi connectivity index (χ4v) is 1.92. The van der Waals surface area contributed by atoms with Gasteiger partial charge in [-0.3, -0.25) is 4.79 Å². The molecular weight excluding hydrogens is 230 g/mol. The van der Waals surface area contributed by atoms with Crippen molar-refractivity contribution in [2.75, 3.05) is 26.3 Å². The molecule has 1 fully saturated rings. The van der Waals surface area contributed by atoms with E-state index in [1.54, 1.807) is 4.90 Å². The van der Waals surface area contributed by atoms with Gasteiger partial charge in [0.05, 0.1) is 12.7 Å². The van der Waals surface area contributed by atoms with Crippen molar-refractivity contribution in [1.82, 2.24) is 4.90 Å². The highest BCUT2D eigenvalue weighted by Gasteiger charge is 2.21. The summed E-state index contributed by atoms with van der Waals surface area (Å²) in [5.74, 6) is 0.751. The molecule has 0 aliphatic carbocycles. The topological polar surface area (TPSA) is 38.8 Å². The number of ether oxygens (including phenoxy) is 2. The van der Waals surface area contributed by atoms with Crippen molar-refractivity contribution in [2.45, 2.75) is 20.0 Å². The van der Waals surface area contributed by atoms with Crippen LogP contribution in [0, 0.1) is 6.92 Å². The van der Waals surface area contributed by atoms with Crippen molar-refractivity contribution in [3.63, 3.8) is 0 Å². The van der Waals surface area contributed by atoms with Crippen molar-refractivity contribution >= 4 is 5.91 Å². The normalized spacial score (nSPS) is 19.7. The lowest BCUT2D eigenvalue weighted by Gasteiger charge is -2.31. The number of nitrogens with zero attached hydrogens (tertiary/aromatic N) is 1. The Labute approximate surface area is 107 Å². The molecule has 4 nitrogen and oxygen atoms in total. The zero-order valence-electron chi connectivity index (χ0n) is 10.9. The predicted octanol–water partition coefficient (Wildman–Crippen LogP) is 1.62. The number of hydrogen-bond acceptors (Lipinski definition) is 3. The molecule has 1 aliphatic heterocycles. The Morgan fingerprint density at radius 1 is 1.44 bits per heavy atom. The maximum absolute atomic E-state index is 11.9. The van der Waals surface area contributed by atoms with E-state index in [1.165, 1.54) is 5.56 Å². The van der Waals surface area contributed by atoms with Crippen LogP contribution in [0.4, 0.5) is 0 Å². The third kappa shape index (κ3) is 3.47. The van der Waals surface area contributed by atoms with E-state index in [0.717, 1.165) is 5.75 Å². The van der Waals surface area contributed by atoms with Crippen LogP contribution in [0.3, 0.4) is 0 Å². The highest BCUT2D eigenvalue weighted by Crippen LogP contribution is 2.12. The van der Waals surface area contributed by atoms with Crippen LogP contribution in [-0.2, 0) is 9.53 Å². The van der Waals surface area contributed by atoms with Crippen molar-refractivity contribution in [3.05, 3.63) is 29.8 Å². The molecule has 0 saturated carbocycles. The molecule has 1 amide bonds. The second-order valence-corrected chi connectivity index (χ2v) is 4.62. The van der Waals surface area contributed by atoms with Crippen LogP contribution in [0.15, 0.2) is 24.3 Å². The summed E-state index contributed by atoms with van der Waals surface area (Å²) in [6.45, 7) is 5.99. The first kappa shape index (κ1) is 12.9. The molecule has 1 unspecified atom stereocenters. The van der Waals surface area contributed by atoms with E-state index >= 15 is 0 Å². The second kappa shape index (κ2) is 5.87.